The van der Waals surface area contributed by atoms with Crippen molar-refractivity contribution >= 4 is 11.5 Å². The van der Waals surface area contributed by atoms with Crippen molar-refractivity contribution in [2.75, 3.05) is 5.06 Å². The standard InChI is InChI=1S/C32H56N4O/c1-9-11-13-15-17-19-21-29-33-32(35-34-29,22-20-18-16-14-12-10-2)36(37)28-24-26(30(3,4)5)23-27(25-28)31(6,7)8/h23-25,37H,9-22H2,1-8H3. The van der Waals surface area contributed by atoms with Crippen LogP contribution in [0.2, 0.25) is 0 Å². The third-order valence-electron chi connectivity index (χ3n) is 7.49. The van der Waals surface area contributed by atoms with Crippen molar-refractivity contribution in [2.24, 2.45) is 15.2 Å². The number of anilines is 1. The molecule has 37 heavy (non-hydrogen) atoms. The Bertz CT molecular complexity index is 846. The topological polar surface area (TPSA) is 60.5 Å². The molecule has 0 saturated carbocycles. The lowest BCUT2D eigenvalue weighted by Gasteiger charge is -2.34. The van der Waals surface area contributed by atoms with Gasteiger partial charge in [-0.25, -0.2) is 10.1 Å². The fourth-order valence-electron chi connectivity index (χ4n) is 4.81. The Morgan fingerprint density at radius 1 is 0.703 bits per heavy atom. The summed E-state index contributed by atoms with van der Waals surface area (Å²) in [6.45, 7) is 17.8. The van der Waals surface area contributed by atoms with Crippen LogP contribution in [0.3, 0.4) is 0 Å². The fraction of sp³-hybridized carbons (Fsp3) is 0.781. The van der Waals surface area contributed by atoms with Crippen LogP contribution in [-0.4, -0.2) is 16.8 Å². The Hall–Kier alpha value is -1.75. The molecule has 1 aliphatic rings. The number of hydrogen-bond acceptors (Lipinski definition) is 5. The first kappa shape index (κ1) is 31.5. The highest BCUT2D eigenvalue weighted by Gasteiger charge is 2.41. The van der Waals surface area contributed by atoms with Gasteiger partial charge in [-0.3, -0.25) is 5.21 Å². The zero-order valence-electron chi connectivity index (χ0n) is 25.4. The molecule has 0 saturated heterocycles. The molecule has 0 spiro atoms. The quantitative estimate of drug-likeness (QED) is 0.177. The molecule has 1 heterocycles. The zero-order chi connectivity index (χ0) is 27.5. The van der Waals surface area contributed by atoms with Gasteiger partial charge in [0, 0.05) is 12.8 Å². The first-order valence-corrected chi connectivity index (χ1v) is 15.1. The number of rotatable bonds is 16. The Morgan fingerprint density at radius 2 is 1.19 bits per heavy atom. The average molecular weight is 513 g/mol. The Kier molecular flexibility index (Phi) is 12.3. The molecule has 5 heteroatoms. The van der Waals surface area contributed by atoms with E-state index in [-0.39, 0.29) is 10.8 Å². The summed E-state index contributed by atoms with van der Waals surface area (Å²) in [5, 5.41) is 22.3. The largest absolute Gasteiger partial charge is 0.284 e. The van der Waals surface area contributed by atoms with Crippen LogP contribution in [0.5, 0.6) is 0 Å². The molecular formula is C32H56N4O. The highest BCUT2D eigenvalue weighted by atomic mass is 16.5. The molecule has 0 amide bonds. The lowest BCUT2D eigenvalue weighted by Crippen LogP contribution is -2.43. The van der Waals surface area contributed by atoms with E-state index in [1.807, 2.05) is 0 Å². The summed E-state index contributed by atoms with van der Waals surface area (Å²) >= 11 is 0. The van der Waals surface area contributed by atoms with Crippen LogP contribution in [0.1, 0.15) is 156 Å². The van der Waals surface area contributed by atoms with Crippen LogP contribution in [0.25, 0.3) is 0 Å². The van der Waals surface area contributed by atoms with Gasteiger partial charge in [-0.1, -0.05) is 126 Å². The average Bonchev–Trinajstić information content (AvgIpc) is 3.26. The number of hydrogen-bond donors (Lipinski definition) is 1. The van der Waals surface area contributed by atoms with Gasteiger partial charge in [-0.15, -0.1) is 10.2 Å². The molecule has 1 aromatic carbocycles. The first-order chi connectivity index (χ1) is 17.4. The monoisotopic (exact) mass is 512 g/mol. The van der Waals surface area contributed by atoms with Crippen molar-refractivity contribution in [1.29, 1.82) is 0 Å². The van der Waals surface area contributed by atoms with Gasteiger partial charge in [0.25, 0.3) is 5.79 Å². The highest BCUT2D eigenvalue weighted by molar-refractivity contribution is 5.84. The van der Waals surface area contributed by atoms with Crippen molar-refractivity contribution in [3.63, 3.8) is 0 Å². The Balaban J connectivity index is 2.29. The maximum atomic E-state index is 11.8. The van der Waals surface area contributed by atoms with Gasteiger partial charge in [0.15, 0.2) is 5.84 Å². The van der Waals surface area contributed by atoms with Crippen molar-refractivity contribution < 1.29 is 5.21 Å². The second kappa shape index (κ2) is 14.4. The van der Waals surface area contributed by atoms with E-state index in [0.29, 0.717) is 6.42 Å². The van der Waals surface area contributed by atoms with E-state index < -0.39 is 5.79 Å². The van der Waals surface area contributed by atoms with Crippen LogP contribution in [0, 0.1) is 0 Å². The molecule has 1 aliphatic heterocycles. The minimum atomic E-state index is -1.06. The molecular weight excluding hydrogens is 456 g/mol. The number of benzene rings is 1. The molecule has 0 fully saturated rings. The smallest absolute Gasteiger partial charge is 0.270 e. The zero-order valence-corrected chi connectivity index (χ0v) is 25.4. The van der Waals surface area contributed by atoms with Crippen LogP contribution in [0.15, 0.2) is 33.4 Å². The first-order valence-electron chi connectivity index (χ1n) is 15.1. The number of azo groups is 1. The summed E-state index contributed by atoms with van der Waals surface area (Å²) in [5.41, 5.74) is 3.09. The molecule has 0 radical (unpaired) electrons. The summed E-state index contributed by atoms with van der Waals surface area (Å²) in [4.78, 5) is 5.01. The van der Waals surface area contributed by atoms with E-state index in [0.717, 1.165) is 37.2 Å². The van der Waals surface area contributed by atoms with Gasteiger partial charge in [0.1, 0.15) is 0 Å². The summed E-state index contributed by atoms with van der Waals surface area (Å²) in [6, 6.07) is 6.49. The van der Waals surface area contributed by atoms with Gasteiger partial charge >= 0.3 is 0 Å². The lowest BCUT2D eigenvalue weighted by atomic mass is 9.80. The van der Waals surface area contributed by atoms with E-state index in [4.69, 9.17) is 4.99 Å². The molecule has 0 bridgehead atoms. The maximum absolute atomic E-state index is 11.8. The summed E-state index contributed by atoms with van der Waals surface area (Å²) < 4.78 is 0. The van der Waals surface area contributed by atoms with Gasteiger partial charge < -0.3 is 0 Å². The van der Waals surface area contributed by atoms with Crippen molar-refractivity contribution in [1.82, 2.24) is 0 Å². The molecule has 1 N–H and O–H groups in total. The molecule has 1 unspecified atom stereocenters. The molecule has 0 aliphatic carbocycles. The fourth-order valence-corrected chi connectivity index (χ4v) is 4.81. The molecule has 1 aromatic rings. The Labute approximate surface area is 228 Å². The minimum Gasteiger partial charge on any atom is -0.284 e. The van der Waals surface area contributed by atoms with E-state index in [1.165, 1.54) is 74.0 Å². The maximum Gasteiger partial charge on any atom is 0.270 e. The van der Waals surface area contributed by atoms with Gasteiger partial charge in [-0.05, 0) is 46.9 Å². The predicted molar refractivity (Wildman–Crippen MR) is 159 cm³/mol. The number of aliphatic imine (C=N–C) groups is 1. The molecule has 2 rings (SSSR count). The minimum absolute atomic E-state index is 0.0350. The number of amidine groups is 1. The lowest BCUT2D eigenvalue weighted by molar-refractivity contribution is 0.147. The van der Waals surface area contributed by atoms with Crippen molar-refractivity contribution in [2.45, 2.75) is 162 Å². The molecule has 210 valence electrons. The highest BCUT2D eigenvalue weighted by Crippen LogP contribution is 2.39. The van der Waals surface area contributed by atoms with Crippen LogP contribution < -0.4 is 5.06 Å². The second-order valence-electron chi connectivity index (χ2n) is 13.1. The number of nitrogens with zero attached hydrogens (tertiary/aromatic N) is 4. The normalized spacial score (nSPS) is 17.9. The summed E-state index contributed by atoms with van der Waals surface area (Å²) in [6.07, 6.45) is 16.0. The van der Waals surface area contributed by atoms with Crippen LogP contribution in [-0.2, 0) is 10.8 Å². The van der Waals surface area contributed by atoms with E-state index >= 15 is 0 Å². The molecule has 0 aromatic heterocycles. The third-order valence-corrected chi connectivity index (χ3v) is 7.49. The summed E-state index contributed by atoms with van der Waals surface area (Å²) in [5.74, 6) is -0.280. The van der Waals surface area contributed by atoms with Gasteiger partial charge in [-0.2, -0.15) is 0 Å². The Morgan fingerprint density at radius 3 is 1.70 bits per heavy atom. The molecule has 5 nitrogen and oxygen atoms in total. The number of unbranched alkanes of at least 4 members (excludes halogenated alkanes) is 10. The van der Waals surface area contributed by atoms with E-state index in [2.05, 4.69) is 83.8 Å². The third kappa shape index (κ3) is 9.81. The van der Waals surface area contributed by atoms with Crippen molar-refractivity contribution in [3.8, 4) is 0 Å². The van der Waals surface area contributed by atoms with Gasteiger partial charge in [0.2, 0.25) is 0 Å². The molecule has 1 atom stereocenters. The summed E-state index contributed by atoms with van der Waals surface area (Å²) in [7, 11) is 0. The van der Waals surface area contributed by atoms with E-state index in [9.17, 15) is 5.21 Å². The van der Waals surface area contributed by atoms with Crippen molar-refractivity contribution in [3.05, 3.63) is 29.3 Å². The predicted octanol–water partition coefficient (Wildman–Crippen LogP) is 10.5. The van der Waals surface area contributed by atoms with Crippen LogP contribution >= 0.6 is 0 Å². The second-order valence-corrected chi connectivity index (χ2v) is 13.1. The van der Waals surface area contributed by atoms with Crippen LogP contribution in [0.4, 0.5) is 5.69 Å². The van der Waals surface area contributed by atoms with Gasteiger partial charge in [0.05, 0.1) is 5.69 Å². The SMILES string of the molecule is CCCCCCCCC1=NC(CCCCCCCC)(N(O)c2cc(C(C)(C)C)cc(C(C)(C)C)c2)N=N1. The number of hydroxylamine groups is 1. The van der Waals surface area contributed by atoms with E-state index in [1.54, 1.807) is 0 Å².